The predicted octanol–water partition coefficient (Wildman–Crippen LogP) is 2.88. The van der Waals surface area contributed by atoms with Gasteiger partial charge >= 0.3 is 0 Å². The molecule has 14 heavy (non-hydrogen) atoms. The molecule has 0 bridgehead atoms. The van der Waals surface area contributed by atoms with Gasteiger partial charge in [0.25, 0.3) is 0 Å². The van der Waals surface area contributed by atoms with E-state index in [0.717, 1.165) is 0 Å². The highest BCUT2D eigenvalue weighted by Gasteiger charge is 2.10. The van der Waals surface area contributed by atoms with Gasteiger partial charge in [-0.05, 0) is 17.2 Å². The fourth-order valence-electron chi connectivity index (χ4n) is 0.977. The summed E-state index contributed by atoms with van der Waals surface area (Å²) in [4.78, 5) is 0. The van der Waals surface area contributed by atoms with Crippen molar-refractivity contribution in [1.82, 2.24) is 0 Å². The molecule has 0 aromatic heterocycles. The molecule has 0 atom stereocenters. The van der Waals surface area contributed by atoms with Gasteiger partial charge < -0.3 is 0 Å². The predicted molar refractivity (Wildman–Crippen MR) is 54.7 cm³/mol. The van der Waals surface area contributed by atoms with Crippen LogP contribution in [-0.2, 0) is 21.5 Å². The topological polar surface area (TPSA) is 34.1 Å². The van der Waals surface area contributed by atoms with Crippen LogP contribution in [0, 0.1) is 0 Å². The molecule has 6 heteroatoms. The molecule has 0 radical (unpaired) electrons. The largest absolute Gasteiger partial charge is 0.246 e. The van der Waals surface area contributed by atoms with E-state index in [-0.39, 0.29) is 10.8 Å². The monoisotopic (exact) mass is 256 g/mol. The summed E-state index contributed by atoms with van der Waals surface area (Å²) in [6, 6.07) is 4.32. The minimum Gasteiger partial charge on any atom is -0.246 e. The van der Waals surface area contributed by atoms with Gasteiger partial charge in [-0.15, -0.1) is 0 Å². The Morgan fingerprint density at radius 2 is 2.00 bits per heavy atom. The van der Waals surface area contributed by atoms with E-state index in [1.807, 2.05) is 0 Å². The first-order valence-electron chi connectivity index (χ1n) is 3.68. The molecule has 0 saturated carbocycles. The summed E-state index contributed by atoms with van der Waals surface area (Å²) >= 11 is 5.72. The van der Waals surface area contributed by atoms with Crippen LogP contribution >= 0.6 is 22.3 Å². The molecule has 1 aromatic rings. The number of benzene rings is 1. The van der Waals surface area contributed by atoms with Crippen LogP contribution < -0.4 is 0 Å². The van der Waals surface area contributed by atoms with Gasteiger partial charge in [0, 0.05) is 15.7 Å². The van der Waals surface area contributed by atoms with Crippen molar-refractivity contribution in [3.8, 4) is 0 Å². The molecule has 0 heterocycles. The quantitative estimate of drug-likeness (QED) is 0.780. The summed E-state index contributed by atoms with van der Waals surface area (Å²) in [5, 5.41) is 0.212. The number of halogens is 3. The molecule has 0 fully saturated rings. The molecule has 0 aliphatic carbocycles. The Kier molecular flexibility index (Phi) is 3.75. The molecule has 2 nitrogen and oxygen atoms in total. The minimum absolute atomic E-state index is 0.212. The van der Waals surface area contributed by atoms with Crippen molar-refractivity contribution in [3.05, 3.63) is 34.3 Å². The third-order valence-electron chi connectivity index (χ3n) is 1.60. The zero-order valence-electron chi connectivity index (χ0n) is 7.00. The van der Waals surface area contributed by atoms with Crippen LogP contribution in [0.1, 0.15) is 11.1 Å². The van der Waals surface area contributed by atoms with E-state index in [0.29, 0.717) is 11.1 Å². The number of rotatable bonds is 3. The van der Waals surface area contributed by atoms with Gasteiger partial charge in [0.15, 0.2) is 0 Å². The Bertz CT molecular complexity index is 431. The average molecular weight is 257 g/mol. The van der Waals surface area contributed by atoms with Gasteiger partial charge in [0.2, 0.25) is 9.05 Å². The molecule has 0 saturated heterocycles. The average Bonchev–Trinajstić information content (AvgIpc) is 2.06. The molecular formula is C8H7Cl2FO2S. The highest BCUT2D eigenvalue weighted by molar-refractivity contribution is 8.13. The Hall–Kier alpha value is -0.320. The maximum atomic E-state index is 12.2. The van der Waals surface area contributed by atoms with E-state index >= 15 is 0 Å². The van der Waals surface area contributed by atoms with E-state index in [1.165, 1.54) is 18.2 Å². The smallest absolute Gasteiger partial charge is 0.236 e. The molecule has 1 aromatic carbocycles. The Labute approximate surface area is 91.1 Å². The third-order valence-corrected chi connectivity index (χ3v) is 2.93. The summed E-state index contributed by atoms with van der Waals surface area (Å²) in [6.07, 6.45) is 0. The van der Waals surface area contributed by atoms with E-state index in [9.17, 15) is 12.8 Å². The molecule has 0 aliphatic heterocycles. The molecular weight excluding hydrogens is 250 g/mol. The summed E-state index contributed by atoms with van der Waals surface area (Å²) in [6.45, 7) is -0.631. The van der Waals surface area contributed by atoms with Gasteiger partial charge in [-0.2, -0.15) is 0 Å². The number of hydrogen-bond donors (Lipinski definition) is 0. The Morgan fingerprint density at radius 3 is 2.43 bits per heavy atom. The lowest BCUT2D eigenvalue weighted by molar-refractivity contribution is 0.485. The second-order valence-electron chi connectivity index (χ2n) is 2.74. The van der Waals surface area contributed by atoms with Crippen molar-refractivity contribution in [2.45, 2.75) is 12.4 Å². The molecule has 0 aliphatic rings. The Morgan fingerprint density at radius 1 is 1.36 bits per heavy atom. The van der Waals surface area contributed by atoms with E-state index < -0.39 is 15.7 Å². The van der Waals surface area contributed by atoms with Gasteiger partial charge in [-0.1, -0.05) is 23.7 Å². The highest BCUT2D eigenvalue weighted by atomic mass is 35.7. The fraction of sp³-hybridized carbons (Fsp3) is 0.250. The lowest BCUT2D eigenvalue weighted by Crippen LogP contribution is -1.96. The van der Waals surface area contributed by atoms with Crippen molar-refractivity contribution in [3.63, 3.8) is 0 Å². The van der Waals surface area contributed by atoms with Crippen LogP contribution in [-0.4, -0.2) is 8.42 Å². The summed E-state index contributed by atoms with van der Waals surface area (Å²) < 4.78 is 33.7. The van der Waals surface area contributed by atoms with Crippen molar-refractivity contribution in [1.29, 1.82) is 0 Å². The first-order chi connectivity index (χ1) is 6.42. The van der Waals surface area contributed by atoms with Crippen LogP contribution in [0.15, 0.2) is 18.2 Å². The van der Waals surface area contributed by atoms with Crippen molar-refractivity contribution >= 4 is 31.3 Å². The maximum absolute atomic E-state index is 12.2. The van der Waals surface area contributed by atoms with Crippen LogP contribution in [0.5, 0.6) is 0 Å². The zero-order valence-corrected chi connectivity index (χ0v) is 9.33. The van der Waals surface area contributed by atoms with Gasteiger partial charge in [0.05, 0.1) is 5.75 Å². The number of hydrogen-bond acceptors (Lipinski definition) is 2. The van der Waals surface area contributed by atoms with E-state index in [2.05, 4.69) is 0 Å². The highest BCUT2D eigenvalue weighted by Crippen LogP contribution is 2.21. The van der Waals surface area contributed by atoms with E-state index in [1.54, 1.807) is 0 Å². The lowest BCUT2D eigenvalue weighted by atomic mass is 10.2. The normalized spacial score (nSPS) is 11.6. The van der Waals surface area contributed by atoms with E-state index in [4.69, 9.17) is 22.3 Å². The van der Waals surface area contributed by atoms with Crippen molar-refractivity contribution in [2.24, 2.45) is 0 Å². The molecule has 0 N–H and O–H groups in total. The van der Waals surface area contributed by atoms with Crippen molar-refractivity contribution in [2.75, 3.05) is 0 Å². The van der Waals surface area contributed by atoms with Crippen LogP contribution in [0.2, 0.25) is 5.02 Å². The Balaban J connectivity index is 3.01. The molecule has 0 spiro atoms. The molecule has 78 valence electrons. The van der Waals surface area contributed by atoms with Crippen LogP contribution in [0.3, 0.4) is 0 Å². The van der Waals surface area contributed by atoms with Gasteiger partial charge in [-0.3, -0.25) is 0 Å². The first-order valence-corrected chi connectivity index (χ1v) is 6.53. The summed E-state index contributed by atoms with van der Waals surface area (Å²) in [5.41, 5.74) is 0.782. The second-order valence-corrected chi connectivity index (χ2v) is 5.93. The third kappa shape index (κ3) is 3.44. The lowest BCUT2D eigenvalue weighted by Gasteiger charge is -2.02. The van der Waals surface area contributed by atoms with Crippen molar-refractivity contribution < 1.29 is 12.8 Å². The van der Waals surface area contributed by atoms with Crippen LogP contribution in [0.4, 0.5) is 4.39 Å². The summed E-state index contributed by atoms with van der Waals surface area (Å²) in [5.74, 6) is -0.347. The number of alkyl halides is 1. The minimum atomic E-state index is -3.63. The second kappa shape index (κ2) is 4.47. The van der Waals surface area contributed by atoms with Crippen LogP contribution in [0.25, 0.3) is 0 Å². The summed E-state index contributed by atoms with van der Waals surface area (Å²) in [7, 11) is 1.43. The zero-order chi connectivity index (χ0) is 10.8. The molecule has 1 rings (SSSR count). The molecule has 0 amide bonds. The first kappa shape index (κ1) is 11.8. The van der Waals surface area contributed by atoms with Gasteiger partial charge in [0.1, 0.15) is 6.67 Å². The SMILES string of the molecule is O=S(=O)(Cl)Cc1ccc(CF)cc1Cl. The molecule has 0 unspecified atom stereocenters. The van der Waals surface area contributed by atoms with Gasteiger partial charge in [-0.25, -0.2) is 12.8 Å². The fourth-order valence-corrected chi connectivity index (χ4v) is 2.30. The maximum Gasteiger partial charge on any atom is 0.236 e. The standard InChI is InChI=1S/C8H7Cl2FO2S/c9-8-3-6(4-11)1-2-7(8)5-14(10,12)13/h1-3H,4-5H2.